The molecular weight excluding hydrogens is 768 g/mol. The lowest BCUT2D eigenvalue weighted by atomic mass is 10.0. The Hall–Kier alpha value is -6.43. The van der Waals surface area contributed by atoms with Crippen LogP contribution in [-0.2, 0) is 27.3 Å². The number of hydrogen-bond acceptors (Lipinski definition) is 12. The summed E-state index contributed by atoms with van der Waals surface area (Å²) in [5, 5.41) is 14.1. The van der Waals surface area contributed by atoms with E-state index >= 15 is 0 Å². The van der Waals surface area contributed by atoms with E-state index < -0.39 is 12.1 Å². The normalized spacial score (nSPS) is 17.1. The van der Waals surface area contributed by atoms with Crippen LogP contribution in [0, 0.1) is 0 Å². The van der Waals surface area contributed by atoms with Crippen molar-refractivity contribution in [3.63, 3.8) is 0 Å². The van der Waals surface area contributed by atoms with E-state index in [-0.39, 0.29) is 52.5 Å². The molecule has 7 heterocycles. The molecule has 58 heavy (non-hydrogen) atoms. The van der Waals surface area contributed by atoms with E-state index in [0.717, 1.165) is 21.8 Å². The number of piperazine rings is 1. The van der Waals surface area contributed by atoms with Crippen LogP contribution in [0.4, 0.5) is 21.9 Å². The third-order valence-corrected chi connectivity index (χ3v) is 11.0. The number of pyridine rings is 1. The first-order chi connectivity index (χ1) is 27.9. The van der Waals surface area contributed by atoms with Crippen LogP contribution in [-0.4, -0.2) is 113 Å². The Morgan fingerprint density at radius 3 is 2.60 bits per heavy atom. The lowest BCUT2D eigenvalue weighted by Gasteiger charge is -2.36. The maximum atomic E-state index is 13.2. The average molecular weight is 809 g/mol. The quantitative estimate of drug-likeness (QED) is 0.189. The van der Waals surface area contributed by atoms with Gasteiger partial charge in [0.25, 0.3) is 11.8 Å². The van der Waals surface area contributed by atoms with E-state index in [1.807, 2.05) is 30.9 Å². The molecule has 1 unspecified atom stereocenters. The minimum atomic E-state index is -0.644. The molecule has 0 aliphatic carbocycles. The summed E-state index contributed by atoms with van der Waals surface area (Å²) in [6, 6.07) is 7.89. The highest BCUT2D eigenvalue weighted by molar-refractivity contribution is 6.33. The van der Waals surface area contributed by atoms with Crippen LogP contribution in [0.1, 0.15) is 73.0 Å². The highest BCUT2D eigenvalue weighted by Gasteiger charge is 2.41. The SMILES string of the molecule is CC(C)c1c(NC(=O)Nc2cnc(-c3noc(CCCC(=O)N4CCN(c5ccc6c(c5)CN(C5CCC(=O)N(C)C5=O)C6=O)CC4)n3)c(Cl)c2)cnc2ccnn12. The molecule has 3 aliphatic rings. The van der Waals surface area contributed by atoms with Crippen LogP contribution in [0.3, 0.4) is 0 Å². The zero-order chi connectivity index (χ0) is 40.7. The predicted molar refractivity (Wildman–Crippen MR) is 211 cm³/mol. The number of hydrogen-bond donors (Lipinski definition) is 2. The van der Waals surface area contributed by atoms with Gasteiger partial charge in [-0.15, -0.1) is 0 Å². The molecule has 19 heteroatoms. The zero-order valence-electron chi connectivity index (χ0n) is 32.1. The van der Waals surface area contributed by atoms with Crippen molar-refractivity contribution in [3.8, 4) is 11.5 Å². The molecule has 0 radical (unpaired) electrons. The highest BCUT2D eigenvalue weighted by atomic mass is 35.5. The summed E-state index contributed by atoms with van der Waals surface area (Å²) >= 11 is 6.53. The molecule has 0 saturated carbocycles. The molecule has 300 valence electrons. The Bertz CT molecular complexity index is 2440. The summed E-state index contributed by atoms with van der Waals surface area (Å²) < 4.78 is 7.13. The van der Waals surface area contributed by atoms with Gasteiger partial charge in [0.15, 0.2) is 5.65 Å². The van der Waals surface area contributed by atoms with Gasteiger partial charge in [0, 0.05) is 76.4 Å². The maximum absolute atomic E-state index is 13.2. The molecule has 4 aromatic heterocycles. The number of amides is 6. The number of halogens is 1. The van der Waals surface area contributed by atoms with E-state index in [1.165, 1.54) is 13.2 Å². The molecule has 2 saturated heterocycles. The molecule has 18 nitrogen and oxygen atoms in total. The first-order valence-corrected chi connectivity index (χ1v) is 19.5. The number of likely N-dealkylation sites (tertiary alicyclic amines) is 1. The van der Waals surface area contributed by atoms with Gasteiger partial charge >= 0.3 is 6.03 Å². The fourth-order valence-electron chi connectivity index (χ4n) is 7.68. The van der Waals surface area contributed by atoms with E-state index in [2.05, 4.69) is 40.7 Å². The Kier molecular flexibility index (Phi) is 10.5. The topological polar surface area (TPSA) is 204 Å². The van der Waals surface area contributed by atoms with Crippen LogP contribution >= 0.6 is 11.6 Å². The largest absolute Gasteiger partial charge is 0.368 e. The van der Waals surface area contributed by atoms with Gasteiger partial charge in [0.1, 0.15) is 11.7 Å². The maximum Gasteiger partial charge on any atom is 0.323 e. The van der Waals surface area contributed by atoms with Gasteiger partial charge in [-0.3, -0.25) is 24.1 Å². The van der Waals surface area contributed by atoms with Crippen molar-refractivity contribution >= 4 is 64.0 Å². The number of anilines is 3. The number of urea groups is 1. The van der Waals surface area contributed by atoms with Crippen LogP contribution in [0.25, 0.3) is 17.2 Å². The summed E-state index contributed by atoms with van der Waals surface area (Å²) in [7, 11) is 1.46. The van der Waals surface area contributed by atoms with Gasteiger partial charge in [-0.1, -0.05) is 30.6 Å². The third-order valence-electron chi connectivity index (χ3n) is 10.7. The second-order valence-corrected chi connectivity index (χ2v) is 15.2. The van der Waals surface area contributed by atoms with Crippen LogP contribution in [0.15, 0.2) is 53.4 Å². The minimum absolute atomic E-state index is 0.0330. The summed E-state index contributed by atoms with van der Waals surface area (Å²) in [6.07, 6.45) is 6.45. The average Bonchev–Trinajstić information content (AvgIpc) is 3.96. The first-order valence-electron chi connectivity index (χ1n) is 19.1. The number of likely N-dealkylation sites (N-methyl/N-ethyl adjacent to an activating group) is 1. The molecule has 0 spiro atoms. The number of carbonyl (C=O) groups is 5. The molecule has 6 amide bonds. The molecular formula is C39H41ClN12O6. The number of aromatic nitrogens is 6. The molecule has 5 aromatic rings. The number of aryl methyl sites for hydroxylation is 1. The van der Waals surface area contributed by atoms with Crippen molar-refractivity contribution in [2.75, 3.05) is 48.8 Å². The van der Waals surface area contributed by atoms with Gasteiger partial charge in [0.2, 0.25) is 23.5 Å². The fraction of sp³-hybridized carbons (Fsp3) is 0.385. The minimum Gasteiger partial charge on any atom is -0.368 e. The zero-order valence-corrected chi connectivity index (χ0v) is 32.9. The molecule has 1 atom stereocenters. The molecule has 2 N–H and O–H groups in total. The summed E-state index contributed by atoms with van der Waals surface area (Å²) in [5.74, 6) is -0.139. The number of piperidine rings is 1. The van der Waals surface area contributed by atoms with E-state index in [1.54, 1.807) is 40.0 Å². The van der Waals surface area contributed by atoms with Crippen LogP contribution < -0.4 is 15.5 Å². The number of rotatable bonds is 10. The number of carbonyl (C=O) groups excluding carboxylic acids is 5. The Balaban J connectivity index is 0.796. The van der Waals surface area contributed by atoms with E-state index in [4.69, 9.17) is 16.1 Å². The smallest absolute Gasteiger partial charge is 0.323 e. The van der Waals surface area contributed by atoms with Crippen molar-refractivity contribution in [1.29, 1.82) is 0 Å². The highest BCUT2D eigenvalue weighted by Crippen LogP contribution is 2.32. The van der Waals surface area contributed by atoms with Crippen molar-refractivity contribution in [1.82, 2.24) is 44.4 Å². The standard InChI is InChI=1S/C39H41ClN12O6/c1-22(2)35-28(20-41-30-11-12-43-52(30)35)45-39(57)44-24-18-27(40)34(42-19-24)36-46-31(58-47-36)5-4-6-33(54)50-15-13-49(14-16-50)25-7-8-26-23(17-25)21-51(37(26)55)29-9-10-32(53)48(3)38(29)56/h7-8,11-12,17-20,22,29H,4-6,9-10,13-16,21H2,1-3H3,(H2,44,45,57). The molecule has 2 fully saturated rings. The molecule has 0 bridgehead atoms. The number of benzene rings is 1. The van der Waals surface area contributed by atoms with Crippen LogP contribution in [0.2, 0.25) is 5.02 Å². The lowest BCUT2D eigenvalue weighted by molar-refractivity contribution is -0.150. The van der Waals surface area contributed by atoms with Gasteiger partial charge < -0.3 is 29.9 Å². The number of nitrogens with one attached hydrogen (secondary N) is 2. The Labute approximate surface area is 337 Å². The van der Waals surface area contributed by atoms with Gasteiger partial charge in [-0.25, -0.2) is 19.3 Å². The second kappa shape index (κ2) is 15.8. The van der Waals surface area contributed by atoms with Crippen molar-refractivity contribution in [3.05, 3.63) is 76.7 Å². The fourth-order valence-corrected chi connectivity index (χ4v) is 7.93. The number of fused-ring (bicyclic) bond motifs is 2. The first kappa shape index (κ1) is 38.4. The van der Waals surface area contributed by atoms with Crippen molar-refractivity contribution in [2.24, 2.45) is 0 Å². The van der Waals surface area contributed by atoms with Gasteiger partial charge in [-0.05, 0) is 48.6 Å². The third kappa shape index (κ3) is 7.54. The van der Waals surface area contributed by atoms with Gasteiger partial charge in [-0.2, -0.15) is 10.1 Å². The number of imide groups is 1. The van der Waals surface area contributed by atoms with E-state index in [9.17, 15) is 24.0 Å². The van der Waals surface area contributed by atoms with Crippen molar-refractivity contribution < 1.29 is 28.5 Å². The summed E-state index contributed by atoms with van der Waals surface area (Å²) in [6.45, 7) is 6.69. The van der Waals surface area contributed by atoms with Crippen LogP contribution in [0.5, 0.6) is 0 Å². The molecule has 3 aliphatic heterocycles. The molecule has 1 aromatic carbocycles. The predicted octanol–water partition coefficient (Wildman–Crippen LogP) is 4.37. The summed E-state index contributed by atoms with van der Waals surface area (Å²) in [4.78, 5) is 83.8. The lowest BCUT2D eigenvalue weighted by Crippen LogP contribution is -2.53. The van der Waals surface area contributed by atoms with Crippen molar-refractivity contribution in [2.45, 2.75) is 64.5 Å². The monoisotopic (exact) mass is 808 g/mol. The summed E-state index contributed by atoms with van der Waals surface area (Å²) in [5.41, 5.74) is 5.02. The van der Waals surface area contributed by atoms with Gasteiger partial charge in [0.05, 0.1) is 40.7 Å². The second-order valence-electron chi connectivity index (χ2n) is 14.8. The Morgan fingerprint density at radius 2 is 1.83 bits per heavy atom. The molecule has 8 rings (SSSR count). The Morgan fingerprint density at radius 1 is 1.02 bits per heavy atom. The number of nitrogens with zero attached hydrogens (tertiary/aromatic N) is 10. The van der Waals surface area contributed by atoms with E-state index in [0.29, 0.717) is 86.9 Å².